The second kappa shape index (κ2) is 9.15. The lowest BCUT2D eigenvalue weighted by molar-refractivity contribution is -0.0357. The number of halogens is 1. The van der Waals surface area contributed by atoms with Crippen LogP contribution in [0.25, 0.3) is 0 Å². The van der Waals surface area contributed by atoms with Gasteiger partial charge in [0, 0.05) is 25.0 Å². The van der Waals surface area contributed by atoms with E-state index in [0.29, 0.717) is 29.6 Å². The standard InChI is InChI=1S/C20H25ClN4O2/c1-3-6-18-25(9-4-5-10-27-18)20(26)15-11-17(21)19(23-12-15)24-16-8-7-14(2)22-13-16/h7-8,11-13,18H,3-6,9-10H2,1-2H3,(H,23,24). The zero-order chi connectivity index (χ0) is 19.2. The second-order valence-corrected chi connectivity index (χ2v) is 7.09. The number of ether oxygens (including phenoxy) is 1. The first-order chi connectivity index (χ1) is 13.1. The lowest BCUT2D eigenvalue weighted by Gasteiger charge is -2.29. The molecule has 1 atom stereocenters. The largest absolute Gasteiger partial charge is 0.358 e. The Kier molecular flexibility index (Phi) is 6.63. The first-order valence-corrected chi connectivity index (χ1v) is 9.74. The number of carbonyl (C=O) groups is 1. The molecule has 6 nitrogen and oxygen atoms in total. The van der Waals surface area contributed by atoms with Crippen molar-refractivity contribution in [1.29, 1.82) is 0 Å². The van der Waals surface area contributed by atoms with Gasteiger partial charge in [0.15, 0.2) is 0 Å². The Balaban J connectivity index is 1.77. The summed E-state index contributed by atoms with van der Waals surface area (Å²) in [5, 5.41) is 3.52. The minimum absolute atomic E-state index is 0.0895. The Labute approximate surface area is 164 Å². The van der Waals surface area contributed by atoms with E-state index in [1.54, 1.807) is 23.4 Å². The van der Waals surface area contributed by atoms with Crippen LogP contribution in [0.2, 0.25) is 5.02 Å². The van der Waals surface area contributed by atoms with Gasteiger partial charge in [-0.2, -0.15) is 0 Å². The van der Waals surface area contributed by atoms with E-state index in [-0.39, 0.29) is 12.1 Å². The Morgan fingerprint density at radius 1 is 1.33 bits per heavy atom. The molecule has 1 amide bonds. The highest BCUT2D eigenvalue weighted by atomic mass is 35.5. The van der Waals surface area contributed by atoms with Gasteiger partial charge in [0.1, 0.15) is 12.0 Å². The van der Waals surface area contributed by atoms with Gasteiger partial charge < -0.3 is 15.0 Å². The molecule has 7 heteroatoms. The number of aromatic nitrogens is 2. The molecule has 3 heterocycles. The van der Waals surface area contributed by atoms with Gasteiger partial charge in [-0.1, -0.05) is 24.9 Å². The van der Waals surface area contributed by atoms with E-state index in [9.17, 15) is 4.79 Å². The Bertz CT molecular complexity index is 782. The number of pyridine rings is 2. The van der Waals surface area contributed by atoms with Gasteiger partial charge >= 0.3 is 0 Å². The van der Waals surface area contributed by atoms with Crippen molar-refractivity contribution in [1.82, 2.24) is 14.9 Å². The van der Waals surface area contributed by atoms with Gasteiger partial charge in [-0.25, -0.2) is 4.98 Å². The summed E-state index contributed by atoms with van der Waals surface area (Å²) in [6, 6.07) is 5.47. The van der Waals surface area contributed by atoms with Gasteiger partial charge in [0.25, 0.3) is 5.91 Å². The summed E-state index contributed by atoms with van der Waals surface area (Å²) in [5.74, 6) is 0.407. The lowest BCUT2D eigenvalue weighted by Crippen LogP contribution is -2.41. The van der Waals surface area contributed by atoms with Crippen LogP contribution in [0.15, 0.2) is 30.6 Å². The maximum atomic E-state index is 13.0. The SMILES string of the molecule is CCCC1OCCCCN1C(=O)c1cnc(Nc2ccc(C)nc2)c(Cl)c1. The minimum atomic E-state index is -0.180. The fraction of sp³-hybridized carbons (Fsp3) is 0.450. The van der Waals surface area contributed by atoms with E-state index in [2.05, 4.69) is 22.2 Å². The third-order valence-corrected chi connectivity index (χ3v) is 4.80. The molecule has 0 radical (unpaired) electrons. The minimum Gasteiger partial charge on any atom is -0.358 e. The highest BCUT2D eigenvalue weighted by molar-refractivity contribution is 6.33. The van der Waals surface area contributed by atoms with Crippen molar-refractivity contribution in [2.24, 2.45) is 0 Å². The molecule has 1 aliphatic rings. The molecule has 0 aromatic carbocycles. The summed E-state index contributed by atoms with van der Waals surface area (Å²) in [4.78, 5) is 23.4. The number of nitrogens with zero attached hydrogens (tertiary/aromatic N) is 3. The fourth-order valence-corrected chi connectivity index (χ4v) is 3.26. The number of anilines is 2. The summed E-state index contributed by atoms with van der Waals surface area (Å²) in [5.41, 5.74) is 2.19. The third-order valence-electron chi connectivity index (χ3n) is 4.51. The Morgan fingerprint density at radius 2 is 2.19 bits per heavy atom. The second-order valence-electron chi connectivity index (χ2n) is 6.69. The molecule has 1 saturated heterocycles. The van der Waals surface area contributed by atoms with Gasteiger partial charge in [0.05, 0.1) is 22.5 Å². The van der Waals surface area contributed by atoms with E-state index in [0.717, 1.165) is 37.1 Å². The highest BCUT2D eigenvalue weighted by Crippen LogP contribution is 2.25. The molecule has 1 aliphatic heterocycles. The molecule has 0 bridgehead atoms. The maximum absolute atomic E-state index is 13.0. The number of hydrogen-bond acceptors (Lipinski definition) is 5. The van der Waals surface area contributed by atoms with Crippen LogP contribution >= 0.6 is 11.6 Å². The molecule has 144 valence electrons. The molecular weight excluding hydrogens is 364 g/mol. The Hall–Kier alpha value is -2.18. The van der Waals surface area contributed by atoms with Gasteiger partial charge in [0.2, 0.25) is 0 Å². The van der Waals surface area contributed by atoms with Gasteiger partial charge in [-0.3, -0.25) is 9.78 Å². The number of aryl methyl sites for hydroxylation is 1. The van der Waals surface area contributed by atoms with E-state index >= 15 is 0 Å². The molecule has 1 fully saturated rings. The van der Waals surface area contributed by atoms with Crippen LogP contribution in [0.3, 0.4) is 0 Å². The van der Waals surface area contributed by atoms with Crippen LogP contribution in [0, 0.1) is 6.92 Å². The molecule has 1 N–H and O–H groups in total. The summed E-state index contributed by atoms with van der Waals surface area (Å²) in [6.07, 6.45) is 6.79. The monoisotopic (exact) mass is 388 g/mol. The van der Waals surface area contributed by atoms with E-state index in [1.807, 2.05) is 19.1 Å². The van der Waals surface area contributed by atoms with Crippen LogP contribution in [0.4, 0.5) is 11.5 Å². The molecule has 1 unspecified atom stereocenters. The normalized spacial score (nSPS) is 17.4. The van der Waals surface area contributed by atoms with Crippen molar-refractivity contribution in [3.8, 4) is 0 Å². The molecule has 2 aromatic rings. The van der Waals surface area contributed by atoms with Crippen LogP contribution in [0.5, 0.6) is 0 Å². The van der Waals surface area contributed by atoms with Crippen molar-refractivity contribution < 1.29 is 9.53 Å². The number of carbonyl (C=O) groups excluding carboxylic acids is 1. The van der Waals surface area contributed by atoms with Crippen molar-refractivity contribution in [2.45, 2.75) is 45.8 Å². The molecule has 3 rings (SSSR count). The van der Waals surface area contributed by atoms with Crippen LogP contribution in [-0.4, -0.2) is 40.2 Å². The maximum Gasteiger partial charge on any atom is 0.257 e. The molecule has 0 spiro atoms. The average Bonchev–Trinajstić information content (AvgIpc) is 2.90. The molecular formula is C20H25ClN4O2. The van der Waals surface area contributed by atoms with E-state index < -0.39 is 0 Å². The van der Waals surface area contributed by atoms with Crippen molar-refractivity contribution in [3.05, 3.63) is 46.9 Å². The number of amides is 1. The number of rotatable bonds is 5. The summed E-state index contributed by atoms with van der Waals surface area (Å²) < 4.78 is 5.87. The third kappa shape index (κ3) is 4.96. The first-order valence-electron chi connectivity index (χ1n) is 9.36. The topological polar surface area (TPSA) is 67.3 Å². The van der Waals surface area contributed by atoms with E-state index in [1.165, 1.54) is 0 Å². The fourth-order valence-electron chi connectivity index (χ4n) is 3.05. The molecule has 27 heavy (non-hydrogen) atoms. The predicted molar refractivity (Wildman–Crippen MR) is 106 cm³/mol. The lowest BCUT2D eigenvalue weighted by atomic mass is 10.2. The summed E-state index contributed by atoms with van der Waals surface area (Å²) in [7, 11) is 0. The summed E-state index contributed by atoms with van der Waals surface area (Å²) >= 11 is 6.38. The van der Waals surface area contributed by atoms with Crippen molar-refractivity contribution in [2.75, 3.05) is 18.5 Å². The van der Waals surface area contributed by atoms with Crippen molar-refractivity contribution in [3.63, 3.8) is 0 Å². The number of nitrogens with one attached hydrogen (secondary N) is 1. The quantitative estimate of drug-likeness (QED) is 0.813. The number of hydrogen-bond donors (Lipinski definition) is 1. The average molecular weight is 389 g/mol. The van der Waals surface area contributed by atoms with Gasteiger partial charge in [-0.15, -0.1) is 0 Å². The smallest absolute Gasteiger partial charge is 0.257 e. The summed E-state index contributed by atoms with van der Waals surface area (Å²) in [6.45, 7) is 5.40. The predicted octanol–water partition coefficient (Wildman–Crippen LogP) is 4.56. The molecule has 0 saturated carbocycles. The van der Waals surface area contributed by atoms with Crippen molar-refractivity contribution >= 4 is 29.0 Å². The van der Waals surface area contributed by atoms with Crippen LogP contribution in [-0.2, 0) is 4.74 Å². The zero-order valence-electron chi connectivity index (χ0n) is 15.7. The van der Waals surface area contributed by atoms with Crippen LogP contribution < -0.4 is 5.32 Å². The molecule has 2 aromatic heterocycles. The van der Waals surface area contributed by atoms with E-state index in [4.69, 9.17) is 16.3 Å². The first kappa shape index (κ1) is 19.6. The zero-order valence-corrected chi connectivity index (χ0v) is 16.5. The van der Waals surface area contributed by atoms with Gasteiger partial charge in [-0.05, 0) is 44.4 Å². The van der Waals surface area contributed by atoms with Crippen LogP contribution in [0.1, 0.15) is 48.7 Å². The Morgan fingerprint density at radius 3 is 2.89 bits per heavy atom. The molecule has 0 aliphatic carbocycles. The highest BCUT2D eigenvalue weighted by Gasteiger charge is 2.27.